The zero-order chi connectivity index (χ0) is 17.6. The number of nitrogens with zero attached hydrogens (tertiary/aromatic N) is 4. The summed E-state index contributed by atoms with van der Waals surface area (Å²) in [5, 5.41) is 9.27. The summed E-state index contributed by atoms with van der Waals surface area (Å²) < 4.78 is 0. The molecule has 2 aliphatic rings. The number of nitriles is 1. The minimum atomic E-state index is 0. The summed E-state index contributed by atoms with van der Waals surface area (Å²) in [7, 11) is 2.24. The summed E-state index contributed by atoms with van der Waals surface area (Å²) in [6.45, 7) is 7.16. The Morgan fingerprint density at radius 2 is 1.78 bits per heavy atom. The number of aryl methyl sites for hydroxylation is 2. The molecular weight excluding hydrogens is 379 g/mol. The van der Waals surface area contributed by atoms with Gasteiger partial charge in [0, 0.05) is 31.6 Å². The van der Waals surface area contributed by atoms with E-state index in [-0.39, 0.29) is 24.8 Å². The van der Waals surface area contributed by atoms with E-state index in [4.69, 9.17) is 4.98 Å². The van der Waals surface area contributed by atoms with Gasteiger partial charge in [0.05, 0.1) is 11.3 Å². The van der Waals surface area contributed by atoms with Gasteiger partial charge in [0.25, 0.3) is 0 Å². The average molecular weight is 405 g/mol. The largest absolute Gasteiger partial charge is 0.356 e. The molecule has 0 unspecified atom stereocenters. The topological polar surface area (TPSA) is 43.2 Å². The third-order valence-electron chi connectivity index (χ3n) is 5.86. The lowest BCUT2D eigenvalue weighted by Gasteiger charge is -2.27. The van der Waals surface area contributed by atoms with Gasteiger partial charge in [-0.15, -0.1) is 24.8 Å². The number of hydrogen-bond acceptors (Lipinski definition) is 4. The molecule has 4 rings (SSSR count). The molecule has 2 fully saturated rings. The summed E-state index contributed by atoms with van der Waals surface area (Å²) in [4.78, 5) is 9.64. The van der Waals surface area contributed by atoms with E-state index in [1.807, 2.05) is 13.8 Å². The summed E-state index contributed by atoms with van der Waals surface area (Å²) >= 11 is 0. The Bertz CT molecular complexity index is 811. The van der Waals surface area contributed by atoms with Crippen LogP contribution in [0.2, 0.25) is 0 Å². The lowest BCUT2D eigenvalue weighted by atomic mass is 9.90. The van der Waals surface area contributed by atoms with Gasteiger partial charge >= 0.3 is 0 Å². The fourth-order valence-electron chi connectivity index (χ4n) is 4.74. The molecule has 2 aromatic rings. The molecule has 0 saturated carbocycles. The molecule has 0 N–H and O–H groups in total. The molecule has 2 saturated heterocycles. The van der Waals surface area contributed by atoms with Crippen molar-refractivity contribution in [3.63, 3.8) is 0 Å². The van der Waals surface area contributed by atoms with Crippen LogP contribution in [0.5, 0.6) is 0 Å². The summed E-state index contributed by atoms with van der Waals surface area (Å²) in [6, 6.07) is 15.7. The number of pyridine rings is 1. The first-order valence-corrected chi connectivity index (χ1v) is 8.97. The summed E-state index contributed by atoms with van der Waals surface area (Å²) in [5.74, 6) is 2.33. The number of rotatable bonds is 2. The normalized spacial score (nSPS) is 23.9. The molecule has 27 heavy (non-hydrogen) atoms. The van der Waals surface area contributed by atoms with Crippen molar-refractivity contribution in [3.8, 4) is 6.07 Å². The summed E-state index contributed by atoms with van der Waals surface area (Å²) in [5.41, 5.74) is 4.00. The maximum absolute atomic E-state index is 9.27. The second-order valence-corrected chi connectivity index (χ2v) is 7.49. The van der Waals surface area contributed by atoms with Crippen LogP contribution in [0, 0.1) is 37.0 Å². The Hall–Kier alpha value is -1.80. The third kappa shape index (κ3) is 3.78. The Morgan fingerprint density at radius 3 is 2.41 bits per heavy atom. The zero-order valence-electron chi connectivity index (χ0n) is 15.9. The van der Waals surface area contributed by atoms with Crippen LogP contribution in [-0.4, -0.2) is 36.6 Å². The highest BCUT2D eigenvalue weighted by Crippen LogP contribution is 2.44. The quantitative estimate of drug-likeness (QED) is 0.753. The van der Waals surface area contributed by atoms with Gasteiger partial charge in [-0.1, -0.05) is 30.3 Å². The molecule has 0 spiro atoms. The van der Waals surface area contributed by atoms with Crippen molar-refractivity contribution in [2.45, 2.75) is 19.9 Å². The third-order valence-corrected chi connectivity index (χ3v) is 5.86. The van der Waals surface area contributed by atoms with Crippen molar-refractivity contribution in [2.75, 3.05) is 31.6 Å². The number of halogens is 2. The van der Waals surface area contributed by atoms with E-state index in [0.717, 1.165) is 36.7 Å². The Kier molecular flexibility index (Phi) is 6.75. The van der Waals surface area contributed by atoms with E-state index in [0.29, 0.717) is 23.4 Å². The van der Waals surface area contributed by atoms with Crippen LogP contribution >= 0.6 is 24.8 Å². The highest BCUT2D eigenvalue weighted by Gasteiger charge is 2.46. The zero-order valence-corrected chi connectivity index (χ0v) is 17.6. The lowest BCUT2D eigenvalue weighted by molar-refractivity contribution is 0.280. The average Bonchev–Trinajstić information content (AvgIpc) is 3.12. The van der Waals surface area contributed by atoms with Crippen LogP contribution in [0.4, 0.5) is 5.82 Å². The van der Waals surface area contributed by atoms with Gasteiger partial charge < -0.3 is 4.90 Å². The predicted octanol–water partition coefficient (Wildman–Crippen LogP) is 4.15. The number of aromatic nitrogens is 1. The molecule has 3 atom stereocenters. The smallest absolute Gasteiger partial charge is 0.129 e. The van der Waals surface area contributed by atoms with Crippen molar-refractivity contribution in [2.24, 2.45) is 11.8 Å². The molecule has 144 valence electrons. The molecule has 6 heteroatoms. The standard InChI is InChI=1S/C21H24N4.2ClH/c1-14-9-20(23-15(2)18(14)10-22)25-12-17-11-24(3)21(19(17)13-25)16-7-5-4-6-8-16;;/h4-9,17,19,21H,11-13H2,1-3H3;2*1H/t17-,19+,21-;;/m0../s1. The number of anilines is 1. The van der Waals surface area contributed by atoms with E-state index >= 15 is 0 Å². The van der Waals surface area contributed by atoms with Gasteiger partial charge in [-0.2, -0.15) is 5.26 Å². The molecule has 0 amide bonds. The Labute approximate surface area is 174 Å². The van der Waals surface area contributed by atoms with Gasteiger partial charge in [-0.05, 0) is 44.0 Å². The number of hydrogen-bond donors (Lipinski definition) is 0. The maximum atomic E-state index is 9.27. The fourth-order valence-corrected chi connectivity index (χ4v) is 4.74. The van der Waals surface area contributed by atoms with Crippen molar-refractivity contribution >= 4 is 30.6 Å². The first kappa shape index (κ1) is 21.5. The monoisotopic (exact) mass is 404 g/mol. The van der Waals surface area contributed by atoms with Gasteiger partial charge in [0.15, 0.2) is 0 Å². The fraction of sp³-hybridized carbons (Fsp3) is 0.429. The number of benzene rings is 1. The highest BCUT2D eigenvalue weighted by atomic mass is 35.5. The molecular formula is C21H26Cl2N4. The first-order valence-electron chi connectivity index (χ1n) is 8.97. The molecule has 1 aromatic carbocycles. The van der Waals surface area contributed by atoms with Crippen LogP contribution in [0.3, 0.4) is 0 Å². The SMILES string of the molecule is Cc1cc(N2C[C@@H]3CN(C)[C@@H](c4ccccc4)[C@@H]3C2)nc(C)c1C#N.Cl.Cl. The van der Waals surface area contributed by atoms with Crippen LogP contribution < -0.4 is 4.90 Å². The predicted molar refractivity (Wildman–Crippen MR) is 114 cm³/mol. The molecule has 4 nitrogen and oxygen atoms in total. The van der Waals surface area contributed by atoms with Crippen molar-refractivity contribution in [3.05, 3.63) is 58.8 Å². The van der Waals surface area contributed by atoms with Gasteiger partial charge in [-0.25, -0.2) is 4.98 Å². The van der Waals surface area contributed by atoms with E-state index in [2.05, 4.69) is 59.3 Å². The minimum absolute atomic E-state index is 0. The second kappa shape index (κ2) is 8.48. The van der Waals surface area contributed by atoms with Crippen molar-refractivity contribution in [1.82, 2.24) is 9.88 Å². The van der Waals surface area contributed by atoms with E-state index < -0.39 is 0 Å². The van der Waals surface area contributed by atoms with Gasteiger partial charge in [0.1, 0.15) is 11.9 Å². The van der Waals surface area contributed by atoms with Crippen LogP contribution in [0.15, 0.2) is 36.4 Å². The second-order valence-electron chi connectivity index (χ2n) is 7.49. The summed E-state index contributed by atoms with van der Waals surface area (Å²) in [6.07, 6.45) is 0. The van der Waals surface area contributed by atoms with Gasteiger partial charge in [0.2, 0.25) is 0 Å². The van der Waals surface area contributed by atoms with Crippen molar-refractivity contribution < 1.29 is 0 Å². The van der Waals surface area contributed by atoms with E-state index in [1.165, 1.54) is 5.56 Å². The van der Waals surface area contributed by atoms with E-state index in [1.54, 1.807) is 0 Å². The molecule has 2 aliphatic heterocycles. The van der Waals surface area contributed by atoms with Crippen LogP contribution in [-0.2, 0) is 0 Å². The van der Waals surface area contributed by atoms with Crippen molar-refractivity contribution in [1.29, 1.82) is 5.26 Å². The minimum Gasteiger partial charge on any atom is -0.356 e. The molecule has 0 bridgehead atoms. The number of fused-ring (bicyclic) bond motifs is 1. The van der Waals surface area contributed by atoms with Gasteiger partial charge in [-0.3, -0.25) is 4.90 Å². The molecule has 0 radical (unpaired) electrons. The molecule has 1 aromatic heterocycles. The number of likely N-dealkylation sites (tertiary alicyclic amines) is 1. The van der Waals surface area contributed by atoms with Crippen LogP contribution in [0.25, 0.3) is 0 Å². The first-order chi connectivity index (χ1) is 12.1. The Balaban J connectivity index is 0.00000131. The maximum Gasteiger partial charge on any atom is 0.129 e. The highest BCUT2D eigenvalue weighted by molar-refractivity contribution is 5.85. The van der Waals surface area contributed by atoms with Crippen LogP contribution in [0.1, 0.15) is 28.4 Å². The lowest BCUT2D eigenvalue weighted by Crippen LogP contribution is -2.29. The molecule has 0 aliphatic carbocycles. The molecule has 3 heterocycles. The van der Waals surface area contributed by atoms with E-state index in [9.17, 15) is 5.26 Å². The Morgan fingerprint density at radius 1 is 1.07 bits per heavy atom.